The molecule has 3 heteroatoms. The summed E-state index contributed by atoms with van der Waals surface area (Å²) in [5.41, 5.74) is 12.0. The first-order chi connectivity index (χ1) is 24.8. The molecule has 0 spiro atoms. The van der Waals surface area contributed by atoms with Crippen LogP contribution in [0.4, 0.5) is 17.1 Å². The molecule has 0 radical (unpaired) electrons. The van der Waals surface area contributed by atoms with Gasteiger partial charge in [-0.15, -0.1) is 0 Å². The lowest BCUT2D eigenvalue weighted by molar-refractivity contribution is 0.590. The molecule has 0 bridgehead atoms. The first-order valence-electron chi connectivity index (χ1n) is 17.0. The van der Waals surface area contributed by atoms with Gasteiger partial charge in [-0.1, -0.05) is 133 Å². The minimum atomic E-state index is 0.638. The molecule has 1 aromatic heterocycles. The standard InChI is InChI=1S/C47H30N2O/c1-3-10-31(11-4-1)34-20-24-39(25-21-34)49(40-26-22-35(23-27-40)32-12-5-2-6-13-32)41-29-37-16-9-17-42-44(37)43(30-41)46-45(42)48-47(50-46)38-19-18-33-14-7-8-15-36(33)28-38/h1-30H. The van der Waals surface area contributed by atoms with Crippen molar-refractivity contribution in [2.24, 2.45) is 0 Å². The van der Waals surface area contributed by atoms with Crippen LogP contribution < -0.4 is 4.90 Å². The molecular formula is C47H30N2O. The number of fused-ring (bicyclic) bond motifs is 4. The minimum absolute atomic E-state index is 0.638. The Bertz CT molecular complexity index is 2590. The van der Waals surface area contributed by atoms with Gasteiger partial charge in [-0.25, -0.2) is 4.98 Å². The van der Waals surface area contributed by atoms with Gasteiger partial charge < -0.3 is 9.32 Å². The third-order valence-electron chi connectivity index (χ3n) is 9.81. The highest BCUT2D eigenvalue weighted by Crippen LogP contribution is 2.51. The van der Waals surface area contributed by atoms with Crippen molar-refractivity contribution >= 4 is 38.6 Å². The molecule has 8 aromatic carbocycles. The number of nitrogens with zero attached hydrogens (tertiary/aromatic N) is 2. The van der Waals surface area contributed by atoms with Crippen molar-refractivity contribution in [2.45, 2.75) is 0 Å². The second kappa shape index (κ2) is 11.5. The van der Waals surface area contributed by atoms with Crippen LogP contribution in [-0.2, 0) is 0 Å². The van der Waals surface area contributed by atoms with Crippen molar-refractivity contribution < 1.29 is 4.42 Å². The zero-order valence-corrected chi connectivity index (χ0v) is 27.1. The van der Waals surface area contributed by atoms with Gasteiger partial charge in [-0.2, -0.15) is 0 Å². The van der Waals surface area contributed by atoms with E-state index in [0.717, 1.165) is 50.6 Å². The topological polar surface area (TPSA) is 29.3 Å². The van der Waals surface area contributed by atoms with E-state index in [1.807, 2.05) is 0 Å². The lowest BCUT2D eigenvalue weighted by Crippen LogP contribution is -2.10. The lowest BCUT2D eigenvalue weighted by atomic mass is 10.0. The van der Waals surface area contributed by atoms with E-state index < -0.39 is 0 Å². The highest BCUT2D eigenvalue weighted by atomic mass is 16.4. The molecule has 0 aliphatic heterocycles. The van der Waals surface area contributed by atoms with Gasteiger partial charge in [0.2, 0.25) is 5.89 Å². The maximum atomic E-state index is 6.68. The molecule has 1 aliphatic carbocycles. The van der Waals surface area contributed by atoms with Crippen molar-refractivity contribution in [3.05, 3.63) is 182 Å². The van der Waals surface area contributed by atoms with E-state index in [1.54, 1.807) is 0 Å². The number of hydrogen-bond acceptors (Lipinski definition) is 3. The summed E-state index contributed by atoms with van der Waals surface area (Å²) < 4.78 is 6.68. The Morgan fingerprint density at radius 3 is 1.60 bits per heavy atom. The van der Waals surface area contributed by atoms with E-state index in [4.69, 9.17) is 9.40 Å². The Balaban J connectivity index is 1.11. The molecular weight excluding hydrogens is 609 g/mol. The molecule has 0 saturated carbocycles. The molecule has 0 saturated heterocycles. The Kier molecular flexibility index (Phi) is 6.49. The van der Waals surface area contributed by atoms with E-state index >= 15 is 0 Å². The molecule has 1 heterocycles. The van der Waals surface area contributed by atoms with E-state index in [9.17, 15) is 0 Å². The fraction of sp³-hybridized carbons (Fsp3) is 0. The van der Waals surface area contributed by atoms with Gasteiger partial charge in [0.15, 0.2) is 5.76 Å². The number of hydrogen-bond donors (Lipinski definition) is 0. The normalized spacial score (nSPS) is 11.6. The fourth-order valence-electron chi connectivity index (χ4n) is 7.36. The predicted octanol–water partition coefficient (Wildman–Crippen LogP) is 13.1. The number of rotatable bonds is 6. The van der Waals surface area contributed by atoms with Gasteiger partial charge in [0.05, 0.1) is 0 Å². The lowest BCUT2D eigenvalue weighted by Gasteiger charge is -2.27. The molecule has 0 N–H and O–H groups in total. The van der Waals surface area contributed by atoms with Crippen molar-refractivity contribution in [3.63, 3.8) is 0 Å². The van der Waals surface area contributed by atoms with E-state index in [2.05, 4.69) is 187 Å². The first-order valence-corrected chi connectivity index (χ1v) is 17.0. The van der Waals surface area contributed by atoms with Crippen LogP contribution in [0, 0.1) is 0 Å². The third-order valence-corrected chi connectivity index (χ3v) is 9.81. The van der Waals surface area contributed by atoms with Gasteiger partial charge in [-0.3, -0.25) is 0 Å². The first kappa shape index (κ1) is 28.3. The minimum Gasteiger partial charge on any atom is -0.435 e. The van der Waals surface area contributed by atoms with Crippen LogP contribution in [0.15, 0.2) is 186 Å². The van der Waals surface area contributed by atoms with E-state index in [-0.39, 0.29) is 0 Å². The molecule has 10 rings (SSSR count). The molecule has 50 heavy (non-hydrogen) atoms. The summed E-state index contributed by atoms with van der Waals surface area (Å²) in [7, 11) is 0. The third kappa shape index (κ3) is 4.71. The number of anilines is 3. The van der Waals surface area contributed by atoms with Crippen LogP contribution in [0.2, 0.25) is 0 Å². The molecule has 0 unspecified atom stereocenters. The van der Waals surface area contributed by atoms with Crippen LogP contribution in [0.3, 0.4) is 0 Å². The smallest absolute Gasteiger partial charge is 0.227 e. The van der Waals surface area contributed by atoms with Crippen LogP contribution >= 0.6 is 0 Å². The molecule has 0 amide bonds. The summed E-state index contributed by atoms with van der Waals surface area (Å²) in [4.78, 5) is 7.43. The maximum absolute atomic E-state index is 6.68. The Morgan fingerprint density at radius 1 is 0.380 bits per heavy atom. The highest BCUT2D eigenvalue weighted by molar-refractivity contribution is 6.15. The summed E-state index contributed by atoms with van der Waals surface area (Å²) in [5, 5.41) is 4.70. The van der Waals surface area contributed by atoms with Gasteiger partial charge in [-0.05, 0) is 86.9 Å². The SMILES string of the molecule is c1ccc(-c2ccc(N(c3ccc(-c4ccccc4)cc3)c3cc4c5c(cccc5c3)-c3nc(-c5ccc6ccccc6c5)oc3-4)cc2)cc1. The maximum Gasteiger partial charge on any atom is 0.227 e. The quantitative estimate of drug-likeness (QED) is 0.181. The van der Waals surface area contributed by atoms with Crippen molar-refractivity contribution in [1.82, 2.24) is 4.98 Å². The number of aromatic nitrogens is 1. The number of oxazole rings is 1. The van der Waals surface area contributed by atoms with Gasteiger partial charge >= 0.3 is 0 Å². The Labute approximate surface area is 290 Å². The zero-order valence-electron chi connectivity index (χ0n) is 27.1. The molecule has 3 nitrogen and oxygen atoms in total. The van der Waals surface area contributed by atoms with Crippen molar-refractivity contribution in [1.29, 1.82) is 0 Å². The molecule has 0 atom stereocenters. The van der Waals surface area contributed by atoms with Crippen LogP contribution in [0.5, 0.6) is 0 Å². The zero-order chi connectivity index (χ0) is 33.0. The summed E-state index contributed by atoms with van der Waals surface area (Å²) in [6.45, 7) is 0. The molecule has 0 fully saturated rings. The van der Waals surface area contributed by atoms with Crippen LogP contribution in [0.25, 0.3) is 77.8 Å². The van der Waals surface area contributed by atoms with E-state index in [0.29, 0.717) is 5.89 Å². The van der Waals surface area contributed by atoms with Gasteiger partial charge in [0, 0.05) is 39.1 Å². The monoisotopic (exact) mass is 638 g/mol. The Hall–Kier alpha value is -6.71. The largest absolute Gasteiger partial charge is 0.435 e. The van der Waals surface area contributed by atoms with E-state index in [1.165, 1.54) is 38.4 Å². The number of benzene rings is 8. The molecule has 9 aromatic rings. The van der Waals surface area contributed by atoms with Crippen molar-refractivity contribution in [2.75, 3.05) is 4.90 Å². The van der Waals surface area contributed by atoms with Crippen LogP contribution in [-0.4, -0.2) is 4.98 Å². The van der Waals surface area contributed by atoms with Gasteiger partial charge in [0.25, 0.3) is 0 Å². The average molecular weight is 639 g/mol. The second-order valence-electron chi connectivity index (χ2n) is 12.8. The second-order valence-corrected chi connectivity index (χ2v) is 12.8. The highest BCUT2D eigenvalue weighted by Gasteiger charge is 2.29. The average Bonchev–Trinajstić information content (AvgIpc) is 3.76. The summed E-state index contributed by atoms with van der Waals surface area (Å²) >= 11 is 0. The summed E-state index contributed by atoms with van der Waals surface area (Å²) in [6.07, 6.45) is 0. The molecule has 1 aliphatic rings. The molecule has 234 valence electrons. The van der Waals surface area contributed by atoms with Crippen molar-refractivity contribution in [3.8, 4) is 56.3 Å². The van der Waals surface area contributed by atoms with Gasteiger partial charge in [0.1, 0.15) is 5.69 Å². The predicted molar refractivity (Wildman–Crippen MR) is 207 cm³/mol. The summed E-state index contributed by atoms with van der Waals surface area (Å²) in [6, 6.07) is 64.5. The fourth-order valence-corrected chi connectivity index (χ4v) is 7.36. The summed E-state index contributed by atoms with van der Waals surface area (Å²) in [5.74, 6) is 1.46. The Morgan fingerprint density at radius 2 is 0.940 bits per heavy atom. The van der Waals surface area contributed by atoms with Crippen LogP contribution in [0.1, 0.15) is 0 Å².